The molecule has 11 atom stereocenters. The first kappa shape index (κ1) is 27.9. The molecule has 0 aromatic carbocycles. The van der Waals surface area contributed by atoms with Gasteiger partial charge in [0.25, 0.3) is 0 Å². The molecule has 0 saturated heterocycles. The van der Waals surface area contributed by atoms with Crippen molar-refractivity contribution in [2.45, 2.75) is 117 Å². The number of fused-ring (bicyclic) bond motifs is 5. The smallest absolute Gasteiger partial charge is 0.0602 e. The number of carbonyl (C=O) groups excluding carboxylic acids is 1. The van der Waals surface area contributed by atoms with Crippen LogP contribution < -0.4 is 11.3 Å². The quantitative estimate of drug-likeness (QED) is 0.456. The Morgan fingerprint density at radius 2 is 1.68 bits per heavy atom. The molecule has 0 unspecified atom stereocenters. The highest BCUT2D eigenvalue weighted by Gasteiger charge is 2.69. The number of carboxylic acids is 1. The summed E-state index contributed by atoms with van der Waals surface area (Å²) in [6.45, 7) is 11.2. The zero-order chi connectivity index (χ0) is 24.3. The van der Waals surface area contributed by atoms with Crippen LogP contribution in [0.3, 0.4) is 0 Å². The van der Waals surface area contributed by atoms with Crippen LogP contribution in [0, 0.1) is 51.8 Å². The first-order chi connectivity index (χ1) is 15.4. The fourth-order valence-corrected chi connectivity index (χ4v) is 9.65. The van der Waals surface area contributed by atoms with Gasteiger partial charge in [-0.25, -0.2) is 0 Å². The average molecular weight is 482 g/mol. The summed E-state index contributed by atoms with van der Waals surface area (Å²) in [6, 6.07) is 0. The van der Waals surface area contributed by atoms with E-state index in [2.05, 4.69) is 34.6 Å². The van der Waals surface area contributed by atoms with Gasteiger partial charge >= 0.3 is 0 Å². The van der Waals surface area contributed by atoms with Gasteiger partial charge in [-0.3, -0.25) is 0 Å². The predicted molar refractivity (Wildman–Crippen MR) is 132 cm³/mol. The second-order valence-electron chi connectivity index (χ2n) is 13.3. The lowest BCUT2D eigenvalue weighted by Crippen LogP contribution is -2.69. The average Bonchev–Trinajstić information content (AvgIpc) is 3.08. The summed E-state index contributed by atoms with van der Waals surface area (Å²) in [5, 5.41) is 46.1. The summed E-state index contributed by atoms with van der Waals surface area (Å²) in [6.07, 6.45) is 5.90. The van der Waals surface area contributed by atoms with Gasteiger partial charge in [0.1, 0.15) is 0 Å². The van der Waals surface area contributed by atoms with Gasteiger partial charge in [-0.15, -0.1) is 0 Å². The lowest BCUT2D eigenvalue weighted by atomic mass is 9.38. The normalized spacial score (nSPS) is 48.9. The maximum Gasteiger partial charge on any atom is 0.0602 e. The minimum atomic E-state index is -1.22. The van der Waals surface area contributed by atoms with Crippen LogP contribution in [0.15, 0.2) is 0 Å². The van der Waals surface area contributed by atoms with E-state index in [0.29, 0.717) is 37.0 Å². The Balaban J connectivity index is 0.00000324. The summed E-state index contributed by atoms with van der Waals surface area (Å²) in [5.74, 6) is 0.712. The molecule has 6 heteroatoms. The number of hydrogen-bond donors (Lipinski definition) is 4. The van der Waals surface area contributed by atoms with Crippen molar-refractivity contribution in [1.29, 1.82) is 0 Å². The van der Waals surface area contributed by atoms with Crippen LogP contribution in [-0.4, -0.2) is 39.6 Å². The number of rotatable bonds is 6. The van der Waals surface area contributed by atoms with Crippen LogP contribution in [0.1, 0.15) is 98.8 Å². The zero-order valence-electron chi connectivity index (χ0n) is 22.4. The Morgan fingerprint density at radius 1 is 1.00 bits per heavy atom. The number of aliphatic hydroxyl groups is 3. The van der Waals surface area contributed by atoms with E-state index in [4.69, 9.17) is 0 Å². The summed E-state index contributed by atoms with van der Waals surface area (Å²) >= 11 is 0. The van der Waals surface area contributed by atoms with Crippen molar-refractivity contribution in [3.63, 3.8) is 0 Å². The molecule has 198 valence electrons. The highest BCUT2D eigenvalue weighted by Crippen LogP contribution is 2.71. The molecule has 0 spiro atoms. The van der Waals surface area contributed by atoms with Crippen LogP contribution in [0.25, 0.3) is 0 Å². The van der Waals surface area contributed by atoms with Crippen LogP contribution in [0.2, 0.25) is 0 Å². The Hall–Kier alpha value is -0.690. The third-order valence-corrected chi connectivity index (χ3v) is 11.5. The molecule has 6 nitrogen and oxygen atoms in total. The van der Waals surface area contributed by atoms with E-state index >= 15 is 0 Å². The SMILES string of the molecule is CC(C)CCC[C@@H](C)[C@H]1CC[C@H]2[C@@H]3[C@H](O)C[C@]4(C(=O)[O-])C[C@H](O)CC[C@]4(C)[C@H]3C[C@H](O)[C@]12C.[NH4+]. The summed E-state index contributed by atoms with van der Waals surface area (Å²) in [4.78, 5) is 12.5. The molecular formula is C28H51NO5. The Labute approximate surface area is 206 Å². The molecule has 0 aromatic heterocycles. The number of quaternary nitrogens is 1. The van der Waals surface area contributed by atoms with E-state index < -0.39 is 35.1 Å². The van der Waals surface area contributed by atoms with E-state index in [0.717, 1.165) is 12.8 Å². The molecule has 7 N–H and O–H groups in total. The maximum atomic E-state index is 12.5. The molecule has 4 fully saturated rings. The van der Waals surface area contributed by atoms with Crippen molar-refractivity contribution in [3.05, 3.63) is 0 Å². The summed E-state index contributed by atoms with van der Waals surface area (Å²) < 4.78 is 0. The van der Waals surface area contributed by atoms with Gasteiger partial charge < -0.3 is 31.4 Å². The van der Waals surface area contributed by atoms with Crippen LogP contribution in [0.4, 0.5) is 0 Å². The first-order valence-electron chi connectivity index (χ1n) is 13.6. The molecule has 4 rings (SSSR count). The van der Waals surface area contributed by atoms with E-state index in [1.807, 2.05) is 0 Å². The highest BCUT2D eigenvalue weighted by molar-refractivity contribution is 5.74. The van der Waals surface area contributed by atoms with Crippen molar-refractivity contribution >= 4 is 5.97 Å². The fourth-order valence-electron chi connectivity index (χ4n) is 9.65. The van der Waals surface area contributed by atoms with Crippen LogP contribution in [0.5, 0.6) is 0 Å². The number of aliphatic carboxylic acids is 1. The van der Waals surface area contributed by atoms with E-state index in [9.17, 15) is 25.2 Å². The molecule has 0 aliphatic heterocycles. The van der Waals surface area contributed by atoms with E-state index in [-0.39, 0.29) is 42.2 Å². The minimum Gasteiger partial charge on any atom is -0.550 e. The molecule has 0 amide bonds. The minimum absolute atomic E-state index is 0. The fraction of sp³-hybridized carbons (Fsp3) is 0.964. The van der Waals surface area contributed by atoms with Gasteiger partial charge in [0.05, 0.1) is 18.3 Å². The monoisotopic (exact) mass is 481 g/mol. The lowest BCUT2D eigenvalue weighted by molar-refractivity contribution is -0.343. The Bertz CT molecular complexity index is 744. The van der Waals surface area contributed by atoms with E-state index in [1.165, 1.54) is 19.3 Å². The molecule has 4 saturated carbocycles. The summed E-state index contributed by atoms with van der Waals surface area (Å²) in [7, 11) is 0. The van der Waals surface area contributed by atoms with Gasteiger partial charge in [-0.05, 0) is 91.3 Å². The highest BCUT2D eigenvalue weighted by atomic mass is 16.4. The summed E-state index contributed by atoms with van der Waals surface area (Å²) in [5.41, 5.74) is -2.02. The molecular weight excluding hydrogens is 430 g/mol. The zero-order valence-corrected chi connectivity index (χ0v) is 22.4. The molecule has 0 radical (unpaired) electrons. The second-order valence-corrected chi connectivity index (χ2v) is 13.3. The first-order valence-corrected chi connectivity index (χ1v) is 13.6. The Morgan fingerprint density at radius 3 is 2.29 bits per heavy atom. The maximum absolute atomic E-state index is 12.5. The van der Waals surface area contributed by atoms with Gasteiger partial charge in [0, 0.05) is 11.4 Å². The Kier molecular flexibility index (Phi) is 7.91. The van der Waals surface area contributed by atoms with Gasteiger partial charge in [0.2, 0.25) is 0 Å². The van der Waals surface area contributed by atoms with Crippen molar-refractivity contribution in [3.8, 4) is 0 Å². The van der Waals surface area contributed by atoms with Gasteiger partial charge in [-0.1, -0.05) is 53.9 Å². The topological polar surface area (TPSA) is 137 Å². The van der Waals surface area contributed by atoms with Crippen molar-refractivity contribution < 1.29 is 25.2 Å². The van der Waals surface area contributed by atoms with Crippen LogP contribution in [-0.2, 0) is 4.79 Å². The number of hydrogen-bond acceptors (Lipinski definition) is 5. The van der Waals surface area contributed by atoms with Crippen molar-refractivity contribution in [2.24, 2.45) is 51.8 Å². The molecule has 0 bridgehead atoms. The lowest BCUT2D eigenvalue weighted by Gasteiger charge is -2.68. The predicted octanol–water partition coefficient (Wildman–Crippen LogP) is 3.91. The van der Waals surface area contributed by atoms with Crippen molar-refractivity contribution in [2.75, 3.05) is 0 Å². The molecule has 4 aliphatic rings. The second kappa shape index (κ2) is 9.64. The number of carboxylic acid groups (broad SMARTS) is 1. The molecule has 34 heavy (non-hydrogen) atoms. The number of carbonyl (C=O) groups is 1. The molecule has 0 heterocycles. The number of aliphatic hydroxyl groups excluding tert-OH is 3. The van der Waals surface area contributed by atoms with E-state index in [1.54, 1.807) is 0 Å². The third kappa shape index (κ3) is 3.95. The van der Waals surface area contributed by atoms with Crippen molar-refractivity contribution in [1.82, 2.24) is 6.15 Å². The largest absolute Gasteiger partial charge is 0.550 e. The van der Waals surface area contributed by atoms with Gasteiger partial charge in [-0.2, -0.15) is 0 Å². The molecule has 0 aromatic rings. The van der Waals surface area contributed by atoms with Crippen LogP contribution >= 0.6 is 0 Å². The standard InChI is InChI=1S/C28H48O5.H3N/c1-16(2)7-6-8-17(3)19-9-10-20-24-21(13-23(31)27(19,20)5)26(4)12-11-18(29)14-28(26,25(32)33)15-22(24)30;/h16-24,29-31H,6-15H2,1-5H3,(H,32,33);1H3/t17-,18-,19-,20+,21+,22-,23+,24+,26-,27-,28+;/m1./s1. The van der Waals surface area contributed by atoms with Gasteiger partial charge in [0.15, 0.2) is 0 Å². The molecule has 4 aliphatic carbocycles. The third-order valence-electron chi connectivity index (χ3n) is 11.5.